The Bertz CT molecular complexity index is 378. The maximum atomic E-state index is 9.25. The lowest BCUT2D eigenvalue weighted by Crippen LogP contribution is -2.28. The zero-order valence-corrected chi connectivity index (χ0v) is 16.8. The number of unbranched alkanes of at least 4 members (excludes halogenated alkanes) is 11. The number of ether oxygens (including phenoxy) is 1. The van der Waals surface area contributed by atoms with Crippen molar-refractivity contribution in [2.24, 2.45) is 4.99 Å². The van der Waals surface area contributed by atoms with E-state index in [1.54, 1.807) is 0 Å². The molecule has 0 aromatic rings. The summed E-state index contributed by atoms with van der Waals surface area (Å²) < 4.78 is 5.56. The van der Waals surface area contributed by atoms with Crippen molar-refractivity contribution in [3.05, 3.63) is 12.2 Å². The minimum Gasteiger partial charge on any atom is -0.478 e. The number of rotatable bonds is 16. The standard InChI is InChI=1S/C22H41NO2/c1-3-4-5-6-7-8-9-10-11-12-13-14-15-16-17-18-21-23-22(2,19-24)20-25-21/h10-11,24H,3-9,12-20H2,1-2H3/b11-10+/t22-/m1/s1. The molecule has 0 radical (unpaired) electrons. The number of allylic oxidation sites excluding steroid dienone is 2. The van der Waals surface area contributed by atoms with E-state index in [1.807, 2.05) is 6.92 Å². The normalized spacial score (nSPS) is 20.2. The average molecular weight is 352 g/mol. The topological polar surface area (TPSA) is 41.8 Å². The van der Waals surface area contributed by atoms with Crippen LogP contribution in [0.15, 0.2) is 17.1 Å². The van der Waals surface area contributed by atoms with E-state index in [0.717, 1.165) is 18.7 Å². The lowest BCUT2D eigenvalue weighted by atomic mass is 10.1. The van der Waals surface area contributed by atoms with E-state index in [2.05, 4.69) is 24.1 Å². The molecule has 0 saturated carbocycles. The smallest absolute Gasteiger partial charge is 0.184 e. The quantitative estimate of drug-likeness (QED) is 0.265. The minimum absolute atomic E-state index is 0.0723. The van der Waals surface area contributed by atoms with Gasteiger partial charge in [0.2, 0.25) is 0 Å². The monoisotopic (exact) mass is 351 g/mol. The van der Waals surface area contributed by atoms with Gasteiger partial charge in [-0.3, -0.25) is 0 Å². The molecule has 0 aliphatic carbocycles. The molecule has 0 spiro atoms. The second-order valence-electron chi connectivity index (χ2n) is 7.78. The number of nitrogens with zero attached hydrogens (tertiary/aromatic N) is 1. The molecule has 3 nitrogen and oxygen atoms in total. The van der Waals surface area contributed by atoms with E-state index >= 15 is 0 Å². The number of aliphatic hydroxyl groups excluding tert-OH is 1. The zero-order chi connectivity index (χ0) is 18.2. The summed E-state index contributed by atoms with van der Waals surface area (Å²) in [7, 11) is 0. The molecule has 25 heavy (non-hydrogen) atoms. The van der Waals surface area contributed by atoms with Gasteiger partial charge < -0.3 is 9.84 Å². The van der Waals surface area contributed by atoms with Gasteiger partial charge in [-0.2, -0.15) is 0 Å². The third kappa shape index (κ3) is 11.4. The first-order chi connectivity index (χ1) is 12.2. The molecular weight excluding hydrogens is 310 g/mol. The van der Waals surface area contributed by atoms with Gasteiger partial charge in [0.25, 0.3) is 0 Å². The molecule has 146 valence electrons. The third-order valence-corrected chi connectivity index (χ3v) is 4.94. The largest absolute Gasteiger partial charge is 0.478 e. The van der Waals surface area contributed by atoms with Gasteiger partial charge in [0.05, 0.1) is 6.61 Å². The van der Waals surface area contributed by atoms with Crippen molar-refractivity contribution in [3.8, 4) is 0 Å². The van der Waals surface area contributed by atoms with Crippen LogP contribution in [0.1, 0.15) is 104 Å². The molecule has 0 bridgehead atoms. The van der Waals surface area contributed by atoms with E-state index in [0.29, 0.717) is 6.61 Å². The zero-order valence-electron chi connectivity index (χ0n) is 16.8. The predicted octanol–water partition coefficient (Wildman–Crippen LogP) is 6.20. The highest BCUT2D eigenvalue weighted by Crippen LogP contribution is 2.20. The number of aliphatic imine (C=N–C) groups is 1. The Kier molecular flexibility index (Phi) is 12.8. The fourth-order valence-corrected chi connectivity index (χ4v) is 3.16. The van der Waals surface area contributed by atoms with Gasteiger partial charge in [0.15, 0.2) is 5.90 Å². The Morgan fingerprint density at radius 3 is 2.04 bits per heavy atom. The van der Waals surface area contributed by atoms with Crippen LogP contribution in [0.5, 0.6) is 0 Å². The summed E-state index contributed by atoms with van der Waals surface area (Å²) in [6, 6.07) is 0. The summed E-state index contributed by atoms with van der Waals surface area (Å²) in [5, 5.41) is 9.25. The maximum Gasteiger partial charge on any atom is 0.184 e. The van der Waals surface area contributed by atoms with Gasteiger partial charge in [-0.25, -0.2) is 4.99 Å². The van der Waals surface area contributed by atoms with Crippen LogP contribution >= 0.6 is 0 Å². The molecule has 1 atom stereocenters. The van der Waals surface area contributed by atoms with Crippen molar-refractivity contribution in [2.75, 3.05) is 13.2 Å². The Labute approximate surface area is 156 Å². The summed E-state index contributed by atoms with van der Waals surface area (Å²) in [4.78, 5) is 4.48. The third-order valence-electron chi connectivity index (χ3n) is 4.94. The molecule has 1 N–H and O–H groups in total. The number of hydrogen-bond acceptors (Lipinski definition) is 3. The van der Waals surface area contributed by atoms with Gasteiger partial charge >= 0.3 is 0 Å². The molecule has 0 aromatic carbocycles. The maximum absolute atomic E-state index is 9.25. The lowest BCUT2D eigenvalue weighted by Gasteiger charge is -2.12. The molecule has 0 saturated heterocycles. The van der Waals surface area contributed by atoms with Crippen LogP contribution in [0.4, 0.5) is 0 Å². The lowest BCUT2D eigenvalue weighted by molar-refractivity contribution is 0.169. The van der Waals surface area contributed by atoms with Crippen molar-refractivity contribution in [1.29, 1.82) is 0 Å². The Morgan fingerprint density at radius 2 is 1.48 bits per heavy atom. The van der Waals surface area contributed by atoms with E-state index in [4.69, 9.17) is 4.74 Å². The SMILES string of the molecule is CCCCCCCC/C=C/CCCCCCCC1=N[C@](C)(CO)CO1. The first-order valence-corrected chi connectivity index (χ1v) is 10.7. The molecule has 0 unspecified atom stereocenters. The van der Waals surface area contributed by atoms with Crippen LogP contribution < -0.4 is 0 Å². The summed E-state index contributed by atoms with van der Waals surface area (Å²) in [5.74, 6) is 0.842. The Morgan fingerprint density at radius 1 is 0.920 bits per heavy atom. The van der Waals surface area contributed by atoms with E-state index in [-0.39, 0.29) is 6.61 Å². The molecular formula is C22H41NO2. The molecule has 1 aliphatic heterocycles. The van der Waals surface area contributed by atoms with Crippen molar-refractivity contribution < 1.29 is 9.84 Å². The second kappa shape index (κ2) is 14.4. The van der Waals surface area contributed by atoms with Gasteiger partial charge in [0.1, 0.15) is 12.1 Å². The van der Waals surface area contributed by atoms with Crippen LogP contribution in [0.2, 0.25) is 0 Å². The molecule has 3 heteroatoms. The number of hydrogen-bond donors (Lipinski definition) is 1. The van der Waals surface area contributed by atoms with Gasteiger partial charge in [-0.15, -0.1) is 0 Å². The second-order valence-corrected chi connectivity index (χ2v) is 7.78. The Balaban J connectivity index is 1.83. The van der Waals surface area contributed by atoms with Crippen molar-refractivity contribution in [2.45, 2.75) is 109 Å². The summed E-state index contributed by atoms with van der Waals surface area (Å²) in [6.07, 6.45) is 22.9. The minimum atomic E-state index is -0.392. The highest BCUT2D eigenvalue weighted by atomic mass is 16.5. The average Bonchev–Trinajstić information content (AvgIpc) is 3.00. The summed E-state index contributed by atoms with van der Waals surface area (Å²) >= 11 is 0. The van der Waals surface area contributed by atoms with E-state index < -0.39 is 5.54 Å². The van der Waals surface area contributed by atoms with Gasteiger partial charge in [0, 0.05) is 6.42 Å². The Hall–Kier alpha value is -0.830. The van der Waals surface area contributed by atoms with E-state index in [9.17, 15) is 5.11 Å². The van der Waals surface area contributed by atoms with Gasteiger partial charge in [-0.05, 0) is 39.0 Å². The predicted molar refractivity (Wildman–Crippen MR) is 108 cm³/mol. The molecule has 1 heterocycles. The molecule has 0 fully saturated rings. The van der Waals surface area contributed by atoms with Crippen molar-refractivity contribution in [1.82, 2.24) is 0 Å². The van der Waals surface area contributed by atoms with E-state index in [1.165, 1.54) is 77.0 Å². The summed E-state index contributed by atoms with van der Waals surface area (Å²) in [6.45, 7) is 4.82. The van der Waals surface area contributed by atoms with Crippen LogP contribution in [0, 0.1) is 0 Å². The van der Waals surface area contributed by atoms with Crippen molar-refractivity contribution in [3.63, 3.8) is 0 Å². The van der Waals surface area contributed by atoms with Gasteiger partial charge in [-0.1, -0.05) is 70.4 Å². The molecule has 1 rings (SSSR count). The highest BCUT2D eigenvalue weighted by molar-refractivity contribution is 5.78. The van der Waals surface area contributed by atoms with Crippen LogP contribution in [0.3, 0.4) is 0 Å². The number of aliphatic hydroxyl groups is 1. The fraction of sp³-hybridized carbons (Fsp3) is 0.864. The van der Waals surface area contributed by atoms with Crippen LogP contribution in [-0.2, 0) is 4.74 Å². The molecule has 0 amide bonds. The molecule has 1 aliphatic rings. The first kappa shape index (κ1) is 22.2. The van der Waals surface area contributed by atoms with Crippen LogP contribution in [0.25, 0.3) is 0 Å². The molecule has 0 aromatic heterocycles. The highest BCUT2D eigenvalue weighted by Gasteiger charge is 2.30. The first-order valence-electron chi connectivity index (χ1n) is 10.7. The summed E-state index contributed by atoms with van der Waals surface area (Å²) in [5.41, 5.74) is -0.392. The fourth-order valence-electron chi connectivity index (χ4n) is 3.16. The van der Waals surface area contributed by atoms with Crippen LogP contribution in [-0.4, -0.2) is 29.8 Å². The van der Waals surface area contributed by atoms with Crippen molar-refractivity contribution >= 4 is 5.90 Å².